The number of para-hydroxylation sites is 1. The standard InChI is InChI=1S/C55H39NO/c1-55(2)48-28-26-37(36-25-24-34-14-6-7-15-35(34)30-36)31-46(48)52-53(55)45-23-13-12-22-44(45)51-47-33-40(27-29-50(47)57-54(51)52)56(39-17-4-3-5-18-39)49-32-38-16-8-9-19-41(38)42-20-10-11-21-43(42)49/h3-23,26-33H,24-25H2,1-2H3. The van der Waals surface area contributed by atoms with Crippen LogP contribution in [0.1, 0.15) is 48.1 Å². The molecule has 1 heterocycles. The Morgan fingerprint density at radius 2 is 1.26 bits per heavy atom. The van der Waals surface area contributed by atoms with Gasteiger partial charge in [0.05, 0.1) is 5.69 Å². The second kappa shape index (κ2) is 12.0. The summed E-state index contributed by atoms with van der Waals surface area (Å²) in [6, 6.07) is 62.4. The lowest BCUT2D eigenvalue weighted by atomic mass is 9.79. The molecule has 0 N–H and O–H groups in total. The van der Waals surface area contributed by atoms with Crippen LogP contribution in [0.25, 0.3) is 77.0 Å². The summed E-state index contributed by atoms with van der Waals surface area (Å²) >= 11 is 0. The lowest BCUT2D eigenvalue weighted by molar-refractivity contribution is 0.657. The minimum absolute atomic E-state index is 0.198. The lowest BCUT2D eigenvalue weighted by Crippen LogP contribution is -2.15. The van der Waals surface area contributed by atoms with Gasteiger partial charge in [-0.25, -0.2) is 0 Å². The second-order valence-corrected chi connectivity index (χ2v) is 16.4. The number of allylic oxidation sites excluding steroid dienone is 1. The predicted octanol–water partition coefficient (Wildman–Crippen LogP) is 15.3. The zero-order valence-electron chi connectivity index (χ0n) is 32.0. The van der Waals surface area contributed by atoms with Gasteiger partial charge in [-0.3, -0.25) is 0 Å². The monoisotopic (exact) mass is 729 g/mol. The topological polar surface area (TPSA) is 16.4 Å². The van der Waals surface area contributed by atoms with Crippen molar-refractivity contribution in [1.29, 1.82) is 0 Å². The zero-order chi connectivity index (χ0) is 37.8. The Bertz CT molecular complexity index is 3330. The molecule has 0 aliphatic heterocycles. The molecule has 9 aromatic carbocycles. The van der Waals surface area contributed by atoms with Gasteiger partial charge in [0, 0.05) is 38.5 Å². The van der Waals surface area contributed by atoms with Crippen molar-refractivity contribution < 1.29 is 4.42 Å². The summed E-state index contributed by atoms with van der Waals surface area (Å²) in [5.41, 5.74) is 15.7. The van der Waals surface area contributed by atoms with Crippen LogP contribution >= 0.6 is 0 Å². The SMILES string of the molecule is CC1(C)c2ccc(C3=Cc4ccccc4CC3)cc2-c2c1c1ccccc1c1c2oc2ccc(N(c3ccccc3)c3cc4ccccc4c4ccccc34)cc21. The van der Waals surface area contributed by atoms with E-state index in [0.717, 1.165) is 46.5 Å². The third-order valence-electron chi connectivity index (χ3n) is 12.9. The maximum absolute atomic E-state index is 7.13. The molecular formula is C55H39NO. The molecular weight excluding hydrogens is 691 g/mol. The van der Waals surface area contributed by atoms with Crippen molar-refractivity contribution >= 4 is 83.0 Å². The summed E-state index contributed by atoms with van der Waals surface area (Å²) < 4.78 is 7.13. The quantitative estimate of drug-likeness (QED) is 0.168. The fourth-order valence-electron chi connectivity index (χ4n) is 10.3. The van der Waals surface area contributed by atoms with Gasteiger partial charge in [0.25, 0.3) is 0 Å². The van der Waals surface area contributed by atoms with Crippen LogP contribution in [0.3, 0.4) is 0 Å². The fourth-order valence-corrected chi connectivity index (χ4v) is 10.3. The highest BCUT2D eigenvalue weighted by Crippen LogP contribution is 2.57. The van der Waals surface area contributed by atoms with Gasteiger partial charge < -0.3 is 9.32 Å². The lowest BCUT2D eigenvalue weighted by Gasteiger charge is -2.27. The van der Waals surface area contributed by atoms with E-state index in [1.807, 2.05) is 0 Å². The molecule has 2 aliphatic carbocycles. The molecule has 0 saturated carbocycles. The molecule has 57 heavy (non-hydrogen) atoms. The molecule has 0 spiro atoms. The highest BCUT2D eigenvalue weighted by molar-refractivity contribution is 6.26. The molecule has 0 unspecified atom stereocenters. The van der Waals surface area contributed by atoms with Crippen LogP contribution in [0.15, 0.2) is 174 Å². The summed E-state index contributed by atoms with van der Waals surface area (Å²) in [5.74, 6) is 0. The van der Waals surface area contributed by atoms with Crippen molar-refractivity contribution in [2.24, 2.45) is 0 Å². The fraction of sp³-hybridized carbons (Fsp3) is 0.0909. The van der Waals surface area contributed by atoms with Crippen molar-refractivity contribution in [2.75, 3.05) is 4.90 Å². The van der Waals surface area contributed by atoms with E-state index in [9.17, 15) is 0 Å². The number of hydrogen-bond donors (Lipinski definition) is 0. The first-order chi connectivity index (χ1) is 28.0. The molecule has 0 saturated heterocycles. The molecule has 0 atom stereocenters. The van der Waals surface area contributed by atoms with Crippen molar-refractivity contribution in [1.82, 2.24) is 0 Å². The number of furan rings is 1. The molecule has 2 heteroatoms. The number of rotatable bonds is 4. The maximum atomic E-state index is 7.13. The first-order valence-corrected chi connectivity index (χ1v) is 20.1. The van der Waals surface area contributed by atoms with Crippen LogP contribution in [-0.2, 0) is 11.8 Å². The van der Waals surface area contributed by atoms with Crippen molar-refractivity contribution in [3.63, 3.8) is 0 Å². The van der Waals surface area contributed by atoms with E-state index in [1.165, 1.54) is 82.2 Å². The molecule has 2 aliphatic rings. The Morgan fingerprint density at radius 3 is 2.12 bits per heavy atom. The van der Waals surface area contributed by atoms with Crippen LogP contribution in [0.2, 0.25) is 0 Å². The van der Waals surface area contributed by atoms with Gasteiger partial charge in [-0.05, 0) is 121 Å². The molecule has 0 radical (unpaired) electrons. The third kappa shape index (κ3) is 4.71. The van der Waals surface area contributed by atoms with E-state index in [1.54, 1.807) is 0 Å². The normalized spacial score (nSPS) is 14.2. The average molecular weight is 730 g/mol. The minimum Gasteiger partial charge on any atom is -0.455 e. The van der Waals surface area contributed by atoms with Crippen LogP contribution in [0.5, 0.6) is 0 Å². The Kier molecular flexibility index (Phi) is 6.84. The third-order valence-corrected chi connectivity index (χ3v) is 12.9. The smallest absolute Gasteiger partial charge is 0.144 e. The Labute approximate surface area is 331 Å². The summed E-state index contributed by atoms with van der Waals surface area (Å²) in [4.78, 5) is 2.42. The number of fused-ring (bicyclic) bond motifs is 14. The number of hydrogen-bond acceptors (Lipinski definition) is 2. The van der Waals surface area contributed by atoms with Gasteiger partial charge in [0.15, 0.2) is 0 Å². The maximum Gasteiger partial charge on any atom is 0.144 e. The van der Waals surface area contributed by atoms with E-state index in [-0.39, 0.29) is 5.41 Å². The Hall–Kier alpha value is -6.90. The number of benzene rings is 9. The number of aryl methyl sites for hydroxylation is 1. The van der Waals surface area contributed by atoms with Gasteiger partial charge >= 0.3 is 0 Å². The first-order valence-electron chi connectivity index (χ1n) is 20.1. The number of anilines is 3. The van der Waals surface area contributed by atoms with Gasteiger partial charge in [-0.1, -0.05) is 147 Å². The molecule has 12 rings (SSSR count). The molecule has 0 fully saturated rings. The zero-order valence-corrected chi connectivity index (χ0v) is 32.0. The summed E-state index contributed by atoms with van der Waals surface area (Å²) in [6.07, 6.45) is 4.51. The van der Waals surface area contributed by atoms with E-state index in [4.69, 9.17) is 4.42 Å². The van der Waals surface area contributed by atoms with Gasteiger partial charge in [-0.2, -0.15) is 0 Å². The van der Waals surface area contributed by atoms with Crippen LogP contribution < -0.4 is 4.90 Å². The molecule has 0 bridgehead atoms. The molecule has 270 valence electrons. The van der Waals surface area contributed by atoms with Crippen molar-refractivity contribution in [3.8, 4) is 11.1 Å². The Morgan fingerprint density at radius 1 is 0.544 bits per heavy atom. The van der Waals surface area contributed by atoms with E-state index in [0.29, 0.717) is 0 Å². The van der Waals surface area contributed by atoms with Gasteiger partial charge in [-0.15, -0.1) is 0 Å². The Balaban J connectivity index is 1.12. The van der Waals surface area contributed by atoms with Crippen molar-refractivity contribution in [2.45, 2.75) is 32.1 Å². The predicted molar refractivity (Wildman–Crippen MR) is 241 cm³/mol. The second-order valence-electron chi connectivity index (χ2n) is 16.4. The summed E-state index contributed by atoms with van der Waals surface area (Å²) in [5, 5.41) is 9.77. The minimum atomic E-state index is -0.198. The highest BCUT2D eigenvalue weighted by Gasteiger charge is 2.40. The van der Waals surface area contributed by atoms with Crippen LogP contribution in [0, 0.1) is 0 Å². The van der Waals surface area contributed by atoms with E-state index in [2.05, 4.69) is 195 Å². The summed E-state index contributed by atoms with van der Waals surface area (Å²) in [6.45, 7) is 4.77. The van der Waals surface area contributed by atoms with Crippen LogP contribution in [0.4, 0.5) is 17.1 Å². The molecule has 10 aromatic rings. The molecule has 2 nitrogen and oxygen atoms in total. The average Bonchev–Trinajstić information content (AvgIpc) is 3.76. The highest BCUT2D eigenvalue weighted by atomic mass is 16.3. The van der Waals surface area contributed by atoms with Gasteiger partial charge in [0.2, 0.25) is 0 Å². The van der Waals surface area contributed by atoms with Gasteiger partial charge in [0.1, 0.15) is 11.2 Å². The largest absolute Gasteiger partial charge is 0.455 e. The first kappa shape index (κ1) is 32.4. The van der Waals surface area contributed by atoms with Crippen LogP contribution in [-0.4, -0.2) is 0 Å². The molecule has 0 amide bonds. The summed E-state index contributed by atoms with van der Waals surface area (Å²) in [7, 11) is 0. The van der Waals surface area contributed by atoms with Crippen molar-refractivity contribution in [3.05, 3.63) is 198 Å². The van der Waals surface area contributed by atoms with E-state index >= 15 is 0 Å². The number of nitrogens with zero attached hydrogens (tertiary/aromatic N) is 1. The molecule has 1 aromatic heterocycles. The van der Waals surface area contributed by atoms with E-state index < -0.39 is 0 Å².